The molecule has 0 saturated heterocycles. The highest BCUT2D eigenvalue weighted by Crippen LogP contribution is 2.26. The summed E-state index contributed by atoms with van der Waals surface area (Å²) in [6, 6.07) is 10.3. The van der Waals surface area contributed by atoms with Crippen LogP contribution in [0.1, 0.15) is 64.1 Å². The molecule has 1 heterocycles. The monoisotopic (exact) mass is 354 g/mol. The Balaban J connectivity index is 1.83. The van der Waals surface area contributed by atoms with Crippen LogP contribution in [0.2, 0.25) is 0 Å². The average Bonchev–Trinajstić information content (AvgIpc) is 3.00. The van der Waals surface area contributed by atoms with Crippen LogP contribution in [0.5, 0.6) is 0 Å². The summed E-state index contributed by atoms with van der Waals surface area (Å²) in [5, 5.41) is 10.9. The van der Waals surface area contributed by atoms with Crippen molar-refractivity contribution in [1.29, 1.82) is 0 Å². The second-order valence-electron chi connectivity index (χ2n) is 8.35. The molecule has 5 nitrogen and oxygen atoms in total. The maximum absolute atomic E-state index is 12.5. The van der Waals surface area contributed by atoms with Crippen LogP contribution in [-0.4, -0.2) is 21.9 Å². The van der Waals surface area contributed by atoms with Gasteiger partial charge in [0.1, 0.15) is 5.82 Å². The summed E-state index contributed by atoms with van der Waals surface area (Å²) in [5.41, 5.74) is 3.00. The van der Waals surface area contributed by atoms with E-state index in [-0.39, 0.29) is 17.5 Å². The van der Waals surface area contributed by atoms with Gasteiger partial charge in [-0.25, -0.2) is 9.48 Å². The molecular weight excluding hydrogens is 324 g/mol. The van der Waals surface area contributed by atoms with Crippen LogP contribution < -0.4 is 10.6 Å². The fourth-order valence-corrected chi connectivity index (χ4v) is 3.30. The number of hydrogen-bond acceptors (Lipinski definition) is 2. The molecule has 1 fully saturated rings. The topological polar surface area (TPSA) is 59.0 Å². The number of rotatable bonds is 3. The molecule has 1 aliphatic rings. The Hall–Kier alpha value is -2.30. The molecule has 2 amide bonds. The van der Waals surface area contributed by atoms with Crippen LogP contribution in [0.4, 0.5) is 10.6 Å². The molecule has 0 radical (unpaired) electrons. The molecule has 2 aromatic rings. The third kappa shape index (κ3) is 4.45. The van der Waals surface area contributed by atoms with E-state index in [2.05, 4.69) is 50.5 Å². The number of nitrogens with zero attached hydrogens (tertiary/aromatic N) is 2. The van der Waals surface area contributed by atoms with E-state index in [0.29, 0.717) is 5.82 Å². The fourth-order valence-electron chi connectivity index (χ4n) is 3.30. The molecule has 0 spiro atoms. The molecule has 26 heavy (non-hydrogen) atoms. The minimum absolute atomic E-state index is 0.0910. The predicted molar refractivity (Wildman–Crippen MR) is 106 cm³/mol. The molecule has 2 N–H and O–H groups in total. The van der Waals surface area contributed by atoms with Gasteiger partial charge in [-0.05, 0) is 31.9 Å². The van der Waals surface area contributed by atoms with Gasteiger partial charge in [-0.3, -0.25) is 5.32 Å². The molecule has 140 valence electrons. The largest absolute Gasteiger partial charge is 0.335 e. The summed E-state index contributed by atoms with van der Waals surface area (Å²) >= 11 is 0. The van der Waals surface area contributed by atoms with Crippen LogP contribution in [0.15, 0.2) is 30.3 Å². The summed E-state index contributed by atoms with van der Waals surface area (Å²) < 4.78 is 1.82. The van der Waals surface area contributed by atoms with Crippen molar-refractivity contribution in [2.75, 3.05) is 5.32 Å². The van der Waals surface area contributed by atoms with Crippen LogP contribution in [-0.2, 0) is 5.41 Å². The van der Waals surface area contributed by atoms with E-state index in [0.717, 1.165) is 24.2 Å². The number of aryl methyl sites for hydroxylation is 1. The highest BCUT2D eigenvalue weighted by atomic mass is 16.2. The van der Waals surface area contributed by atoms with Gasteiger partial charge in [0.2, 0.25) is 0 Å². The molecule has 1 saturated carbocycles. The first-order valence-corrected chi connectivity index (χ1v) is 9.58. The zero-order valence-electron chi connectivity index (χ0n) is 16.3. The van der Waals surface area contributed by atoms with Crippen molar-refractivity contribution in [2.24, 2.45) is 0 Å². The lowest BCUT2D eigenvalue weighted by atomic mass is 9.92. The van der Waals surface area contributed by atoms with Crippen LogP contribution in [0.3, 0.4) is 0 Å². The average molecular weight is 354 g/mol. The van der Waals surface area contributed by atoms with Gasteiger partial charge >= 0.3 is 6.03 Å². The summed E-state index contributed by atoms with van der Waals surface area (Å²) in [6.07, 6.45) is 5.80. The first kappa shape index (κ1) is 18.5. The number of amides is 2. The predicted octanol–water partition coefficient (Wildman–Crippen LogP) is 4.93. The standard InChI is InChI=1S/C21H30N4O/c1-15-10-12-17(13-11-15)25-19(14-18(24-25)21(2,3)4)23-20(26)22-16-8-6-5-7-9-16/h10-14,16H,5-9H2,1-4H3,(H2,22,23,26). The van der Waals surface area contributed by atoms with Crippen molar-refractivity contribution in [3.63, 3.8) is 0 Å². The minimum atomic E-state index is -0.148. The van der Waals surface area contributed by atoms with Crippen molar-refractivity contribution in [1.82, 2.24) is 15.1 Å². The minimum Gasteiger partial charge on any atom is -0.335 e. The molecule has 1 aromatic carbocycles. The lowest BCUT2D eigenvalue weighted by Crippen LogP contribution is -2.39. The highest BCUT2D eigenvalue weighted by molar-refractivity contribution is 5.89. The molecule has 0 aliphatic heterocycles. The molecule has 0 bridgehead atoms. The van der Waals surface area contributed by atoms with Crippen molar-refractivity contribution in [3.05, 3.63) is 41.6 Å². The summed E-state index contributed by atoms with van der Waals surface area (Å²) in [4.78, 5) is 12.5. The third-order valence-electron chi connectivity index (χ3n) is 4.94. The van der Waals surface area contributed by atoms with E-state index in [1.165, 1.54) is 24.8 Å². The Morgan fingerprint density at radius 3 is 2.38 bits per heavy atom. The van der Waals surface area contributed by atoms with Crippen LogP contribution >= 0.6 is 0 Å². The van der Waals surface area contributed by atoms with Gasteiger partial charge in [-0.2, -0.15) is 5.10 Å². The van der Waals surface area contributed by atoms with E-state index in [1.807, 2.05) is 22.9 Å². The van der Waals surface area contributed by atoms with Gasteiger partial charge in [-0.1, -0.05) is 57.7 Å². The second-order valence-corrected chi connectivity index (χ2v) is 8.35. The Morgan fingerprint density at radius 1 is 1.12 bits per heavy atom. The number of carbonyl (C=O) groups excluding carboxylic acids is 1. The van der Waals surface area contributed by atoms with E-state index >= 15 is 0 Å². The van der Waals surface area contributed by atoms with Gasteiger partial charge in [0.25, 0.3) is 0 Å². The number of urea groups is 1. The maximum Gasteiger partial charge on any atom is 0.320 e. The number of anilines is 1. The zero-order valence-corrected chi connectivity index (χ0v) is 16.3. The summed E-state index contributed by atoms with van der Waals surface area (Å²) in [6.45, 7) is 8.44. The SMILES string of the molecule is Cc1ccc(-n2nc(C(C)(C)C)cc2NC(=O)NC2CCCCC2)cc1. The Kier molecular flexibility index (Phi) is 5.35. The van der Waals surface area contributed by atoms with E-state index in [1.54, 1.807) is 0 Å². The number of hydrogen-bond donors (Lipinski definition) is 2. The third-order valence-corrected chi connectivity index (χ3v) is 4.94. The van der Waals surface area contributed by atoms with Crippen LogP contribution in [0.25, 0.3) is 5.69 Å². The van der Waals surface area contributed by atoms with E-state index in [9.17, 15) is 4.79 Å². The number of aromatic nitrogens is 2. The van der Waals surface area contributed by atoms with Gasteiger partial charge in [0.15, 0.2) is 0 Å². The molecular formula is C21H30N4O. The lowest BCUT2D eigenvalue weighted by Gasteiger charge is -2.22. The molecule has 0 unspecified atom stereocenters. The molecule has 1 aromatic heterocycles. The van der Waals surface area contributed by atoms with Crippen molar-refractivity contribution in [3.8, 4) is 5.69 Å². The Morgan fingerprint density at radius 2 is 1.77 bits per heavy atom. The van der Waals surface area contributed by atoms with Crippen molar-refractivity contribution in [2.45, 2.75) is 71.3 Å². The summed E-state index contributed by atoms with van der Waals surface area (Å²) in [7, 11) is 0. The normalized spacial score (nSPS) is 15.7. The lowest BCUT2D eigenvalue weighted by molar-refractivity contribution is 0.244. The zero-order chi connectivity index (χ0) is 18.7. The van der Waals surface area contributed by atoms with Crippen molar-refractivity contribution >= 4 is 11.8 Å². The molecule has 5 heteroatoms. The van der Waals surface area contributed by atoms with Crippen molar-refractivity contribution < 1.29 is 4.79 Å². The number of benzene rings is 1. The van der Waals surface area contributed by atoms with Gasteiger partial charge in [0, 0.05) is 17.5 Å². The van der Waals surface area contributed by atoms with E-state index in [4.69, 9.17) is 5.10 Å². The second kappa shape index (κ2) is 7.52. The Labute approximate surface area is 156 Å². The smallest absolute Gasteiger partial charge is 0.320 e. The van der Waals surface area contributed by atoms with E-state index < -0.39 is 0 Å². The molecule has 3 rings (SSSR count). The first-order chi connectivity index (χ1) is 12.3. The molecule has 1 aliphatic carbocycles. The van der Waals surface area contributed by atoms with Gasteiger partial charge in [0.05, 0.1) is 11.4 Å². The maximum atomic E-state index is 12.5. The van der Waals surface area contributed by atoms with Crippen LogP contribution in [0, 0.1) is 6.92 Å². The first-order valence-electron chi connectivity index (χ1n) is 9.58. The number of carbonyl (C=O) groups is 1. The summed E-state index contributed by atoms with van der Waals surface area (Å²) in [5.74, 6) is 0.701. The highest BCUT2D eigenvalue weighted by Gasteiger charge is 2.22. The fraction of sp³-hybridized carbons (Fsp3) is 0.524. The molecule has 0 atom stereocenters. The van der Waals surface area contributed by atoms with Gasteiger partial charge < -0.3 is 5.32 Å². The number of nitrogens with one attached hydrogen (secondary N) is 2. The quantitative estimate of drug-likeness (QED) is 0.821. The van der Waals surface area contributed by atoms with Gasteiger partial charge in [-0.15, -0.1) is 0 Å². The Bertz CT molecular complexity index is 749.